The van der Waals surface area contributed by atoms with Gasteiger partial charge in [-0.15, -0.1) is 0 Å². The van der Waals surface area contributed by atoms with E-state index in [1.165, 1.54) is 18.1 Å². The summed E-state index contributed by atoms with van der Waals surface area (Å²) in [5.74, 6) is 0.595. The molecule has 4 aromatic rings. The van der Waals surface area contributed by atoms with E-state index in [0.717, 1.165) is 16.6 Å². The number of para-hydroxylation sites is 2. The minimum Gasteiger partial charge on any atom is -0.495 e. The molecule has 0 unspecified atom stereocenters. The standard InChI is InChI=1S/C23H22N4O4S/c1-23(2)9-16-13(10-30-23)8-14-19-20(31-21(14)27-16)22(25-12-24-19)32-11-18(28)26-15-6-4-5-7-17(15)29-3/h4-8,12H,9-11H2,1-3H3,(H,26,28). The number of carbonyl (C=O) groups excluding carboxylic acids is 1. The number of carbonyl (C=O) groups is 1. The van der Waals surface area contributed by atoms with Gasteiger partial charge < -0.3 is 19.2 Å². The topological polar surface area (TPSA) is 99.4 Å². The SMILES string of the molecule is COc1ccccc1NC(=O)CSc1ncnc2c1oc1nc3c(cc12)COC(C)(C)C3. The Morgan fingerprint density at radius 2 is 2.12 bits per heavy atom. The van der Waals surface area contributed by atoms with E-state index in [-0.39, 0.29) is 17.3 Å². The highest BCUT2D eigenvalue weighted by Gasteiger charge is 2.28. The first-order chi connectivity index (χ1) is 15.4. The van der Waals surface area contributed by atoms with E-state index in [9.17, 15) is 4.79 Å². The zero-order valence-electron chi connectivity index (χ0n) is 18.0. The van der Waals surface area contributed by atoms with Crippen molar-refractivity contribution in [2.45, 2.75) is 37.5 Å². The normalized spacial score (nSPS) is 15.0. The van der Waals surface area contributed by atoms with Crippen LogP contribution in [0.5, 0.6) is 5.75 Å². The maximum Gasteiger partial charge on any atom is 0.234 e. The molecule has 0 spiro atoms. The highest BCUT2D eigenvalue weighted by molar-refractivity contribution is 8.00. The van der Waals surface area contributed by atoms with Gasteiger partial charge in [0.25, 0.3) is 0 Å². The van der Waals surface area contributed by atoms with Crippen LogP contribution in [-0.4, -0.2) is 39.3 Å². The van der Waals surface area contributed by atoms with Crippen LogP contribution in [0, 0.1) is 0 Å². The number of amides is 1. The summed E-state index contributed by atoms with van der Waals surface area (Å²) in [4.78, 5) is 26.0. The summed E-state index contributed by atoms with van der Waals surface area (Å²) in [6, 6.07) is 9.31. The number of hydrogen-bond acceptors (Lipinski definition) is 8. The van der Waals surface area contributed by atoms with Gasteiger partial charge in [0.05, 0.1) is 41.8 Å². The Morgan fingerprint density at radius 3 is 2.97 bits per heavy atom. The van der Waals surface area contributed by atoms with E-state index in [0.29, 0.717) is 46.3 Å². The van der Waals surface area contributed by atoms with Crippen LogP contribution in [-0.2, 0) is 22.6 Å². The Bertz CT molecular complexity index is 1330. The Balaban J connectivity index is 1.40. The maximum absolute atomic E-state index is 12.5. The van der Waals surface area contributed by atoms with Gasteiger partial charge >= 0.3 is 0 Å². The van der Waals surface area contributed by atoms with Crippen LogP contribution in [0.15, 0.2) is 46.1 Å². The summed E-state index contributed by atoms with van der Waals surface area (Å²) >= 11 is 1.29. The van der Waals surface area contributed by atoms with Crippen molar-refractivity contribution in [1.29, 1.82) is 0 Å². The molecule has 0 bridgehead atoms. The third-order valence-electron chi connectivity index (χ3n) is 5.31. The van der Waals surface area contributed by atoms with Crippen LogP contribution in [0.3, 0.4) is 0 Å². The first kappa shape index (κ1) is 20.7. The van der Waals surface area contributed by atoms with Crippen molar-refractivity contribution >= 4 is 45.6 Å². The number of pyridine rings is 1. The van der Waals surface area contributed by atoms with Gasteiger partial charge in [0.1, 0.15) is 22.6 Å². The largest absolute Gasteiger partial charge is 0.495 e. The second-order valence-corrected chi connectivity index (χ2v) is 9.13. The second kappa shape index (κ2) is 8.07. The molecule has 4 heterocycles. The summed E-state index contributed by atoms with van der Waals surface area (Å²) in [5.41, 5.74) is 4.13. The second-order valence-electron chi connectivity index (χ2n) is 8.17. The molecule has 0 radical (unpaired) electrons. The molecule has 0 saturated heterocycles. The fourth-order valence-electron chi connectivity index (χ4n) is 3.74. The number of ether oxygens (including phenoxy) is 2. The molecule has 0 atom stereocenters. The number of rotatable bonds is 5. The highest BCUT2D eigenvalue weighted by Crippen LogP contribution is 2.35. The lowest BCUT2D eigenvalue weighted by atomic mass is 9.95. The van der Waals surface area contributed by atoms with Crippen molar-refractivity contribution in [2.75, 3.05) is 18.2 Å². The average Bonchev–Trinajstić information content (AvgIpc) is 3.14. The van der Waals surface area contributed by atoms with Crippen molar-refractivity contribution in [3.8, 4) is 5.75 Å². The third kappa shape index (κ3) is 3.89. The average molecular weight is 451 g/mol. The van der Waals surface area contributed by atoms with Crippen LogP contribution in [0.2, 0.25) is 0 Å². The lowest BCUT2D eigenvalue weighted by Crippen LogP contribution is -2.32. The first-order valence-corrected chi connectivity index (χ1v) is 11.2. The predicted molar refractivity (Wildman–Crippen MR) is 122 cm³/mol. The number of thioether (sulfide) groups is 1. The van der Waals surface area contributed by atoms with Gasteiger partial charge in [-0.25, -0.2) is 15.0 Å². The fourth-order valence-corrected chi connectivity index (χ4v) is 4.47. The number of methoxy groups -OCH3 is 1. The van der Waals surface area contributed by atoms with E-state index in [1.54, 1.807) is 19.2 Å². The molecule has 8 nitrogen and oxygen atoms in total. The minimum absolute atomic E-state index is 0.160. The molecular weight excluding hydrogens is 428 g/mol. The number of anilines is 1. The molecule has 1 aliphatic rings. The van der Waals surface area contributed by atoms with Gasteiger partial charge in [0, 0.05) is 12.0 Å². The number of fused-ring (bicyclic) bond motifs is 4. The smallest absolute Gasteiger partial charge is 0.234 e. The van der Waals surface area contributed by atoms with E-state index in [4.69, 9.17) is 18.9 Å². The quantitative estimate of drug-likeness (QED) is 0.354. The number of nitrogens with zero attached hydrogens (tertiary/aromatic N) is 3. The molecule has 32 heavy (non-hydrogen) atoms. The van der Waals surface area contributed by atoms with Crippen LogP contribution < -0.4 is 10.1 Å². The Kier molecular flexibility index (Phi) is 5.22. The van der Waals surface area contributed by atoms with Crippen LogP contribution in [0.1, 0.15) is 25.1 Å². The van der Waals surface area contributed by atoms with Crippen LogP contribution in [0.25, 0.3) is 22.2 Å². The molecule has 164 valence electrons. The molecule has 0 saturated carbocycles. The molecule has 5 rings (SSSR count). The molecule has 0 fully saturated rings. The molecule has 1 amide bonds. The molecule has 3 aromatic heterocycles. The summed E-state index contributed by atoms with van der Waals surface area (Å²) in [5, 5.41) is 4.29. The van der Waals surface area contributed by atoms with E-state index in [2.05, 4.69) is 29.1 Å². The summed E-state index contributed by atoms with van der Waals surface area (Å²) < 4.78 is 17.3. The summed E-state index contributed by atoms with van der Waals surface area (Å²) in [6.07, 6.45) is 2.20. The van der Waals surface area contributed by atoms with Gasteiger partial charge in [-0.2, -0.15) is 0 Å². The number of nitrogens with one attached hydrogen (secondary N) is 1. The number of benzene rings is 1. The molecule has 1 aliphatic heterocycles. The minimum atomic E-state index is -0.255. The first-order valence-electron chi connectivity index (χ1n) is 10.2. The van der Waals surface area contributed by atoms with Gasteiger partial charge in [0.15, 0.2) is 5.58 Å². The zero-order chi connectivity index (χ0) is 22.3. The number of hydrogen-bond donors (Lipinski definition) is 1. The number of furan rings is 1. The van der Waals surface area contributed by atoms with Crippen LogP contribution >= 0.6 is 11.8 Å². The Hall–Kier alpha value is -3.17. The van der Waals surface area contributed by atoms with Gasteiger partial charge in [-0.05, 0) is 32.0 Å². The van der Waals surface area contributed by atoms with Crippen molar-refractivity contribution in [3.63, 3.8) is 0 Å². The molecule has 1 aromatic carbocycles. The van der Waals surface area contributed by atoms with Crippen molar-refractivity contribution in [1.82, 2.24) is 15.0 Å². The van der Waals surface area contributed by atoms with E-state index in [1.807, 2.05) is 18.2 Å². The molecule has 1 N–H and O–H groups in total. The van der Waals surface area contributed by atoms with Gasteiger partial charge in [0.2, 0.25) is 11.6 Å². The van der Waals surface area contributed by atoms with E-state index >= 15 is 0 Å². The van der Waals surface area contributed by atoms with Crippen LogP contribution in [0.4, 0.5) is 5.69 Å². The molecular formula is C23H22N4O4S. The lowest BCUT2D eigenvalue weighted by Gasteiger charge is -2.30. The third-order valence-corrected chi connectivity index (χ3v) is 6.28. The predicted octanol–water partition coefficient (Wildman–Crippen LogP) is 4.36. The zero-order valence-corrected chi connectivity index (χ0v) is 18.8. The molecule has 9 heteroatoms. The van der Waals surface area contributed by atoms with Gasteiger partial charge in [-0.1, -0.05) is 23.9 Å². The molecule has 0 aliphatic carbocycles. The Morgan fingerprint density at radius 1 is 1.28 bits per heavy atom. The van der Waals surface area contributed by atoms with Crippen molar-refractivity contribution in [2.24, 2.45) is 0 Å². The number of aromatic nitrogens is 3. The fraction of sp³-hybridized carbons (Fsp3) is 0.304. The summed E-state index contributed by atoms with van der Waals surface area (Å²) in [6.45, 7) is 4.61. The maximum atomic E-state index is 12.5. The summed E-state index contributed by atoms with van der Waals surface area (Å²) in [7, 11) is 1.57. The van der Waals surface area contributed by atoms with Crippen molar-refractivity contribution < 1.29 is 18.7 Å². The van der Waals surface area contributed by atoms with Crippen molar-refractivity contribution in [3.05, 3.63) is 47.9 Å². The van der Waals surface area contributed by atoms with Gasteiger partial charge in [-0.3, -0.25) is 4.79 Å². The highest BCUT2D eigenvalue weighted by atomic mass is 32.2. The lowest BCUT2D eigenvalue weighted by molar-refractivity contribution is -0.113. The Labute approximate surface area is 188 Å². The van der Waals surface area contributed by atoms with E-state index < -0.39 is 0 Å². The monoisotopic (exact) mass is 450 g/mol.